The Bertz CT molecular complexity index is 121. The second-order valence-electron chi connectivity index (χ2n) is 1.21. The number of hydrogen-bond acceptors (Lipinski definition) is 3. The largest absolute Gasteiger partial charge is 0.328 e. The lowest BCUT2D eigenvalue weighted by Gasteiger charge is -2.12. The van der Waals surface area contributed by atoms with Gasteiger partial charge in [0.1, 0.15) is 4.32 Å². The first kappa shape index (κ1) is 5.84. The molecule has 2 amide bonds. The first-order valence-corrected chi connectivity index (χ1v) is 3.40. The topological polar surface area (TPSA) is 41.1 Å². The highest BCUT2D eigenvalue weighted by Crippen LogP contribution is 2.01. The van der Waals surface area contributed by atoms with Crippen LogP contribution in [0.25, 0.3) is 0 Å². The van der Waals surface area contributed by atoms with Gasteiger partial charge in [0.05, 0.1) is 5.88 Å². The number of rotatable bonds is 0. The Balaban J connectivity index is 2.45. The van der Waals surface area contributed by atoms with Gasteiger partial charge in [-0.15, -0.1) is 0 Å². The second kappa shape index (κ2) is 2.32. The van der Waals surface area contributed by atoms with E-state index in [-0.39, 0.29) is 6.03 Å². The lowest BCUT2D eigenvalue weighted by atomic mass is 10.9. The van der Waals surface area contributed by atoms with Crippen molar-refractivity contribution in [3.63, 3.8) is 0 Å². The molecule has 3 nitrogen and oxygen atoms in total. The van der Waals surface area contributed by atoms with E-state index in [0.717, 1.165) is 0 Å². The van der Waals surface area contributed by atoms with E-state index in [0.29, 0.717) is 10.2 Å². The Morgan fingerprint density at radius 1 is 1.75 bits per heavy atom. The maximum atomic E-state index is 10.4. The number of urea groups is 1. The van der Waals surface area contributed by atoms with E-state index in [4.69, 9.17) is 0 Å². The van der Waals surface area contributed by atoms with Crippen molar-refractivity contribution in [2.45, 2.75) is 0 Å². The van der Waals surface area contributed by atoms with Crippen molar-refractivity contribution in [1.82, 2.24) is 10.6 Å². The van der Waals surface area contributed by atoms with Gasteiger partial charge in [-0.3, -0.25) is 5.32 Å². The third kappa shape index (κ3) is 1.34. The Hall–Kier alpha value is -0.290. The summed E-state index contributed by atoms with van der Waals surface area (Å²) in [6, 6.07) is -0.200. The normalized spacial score (nSPS) is 19.5. The van der Waals surface area contributed by atoms with Crippen molar-refractivity contribution in [3.05, 3.63) is 0 Å². The molecule has 0 radical (unpaired) electrons. The molecule has 0 saturated carbocycles. The van der Waals surface area contributed by atoms with Crippen LogP contribution >= 0.6 is 24.0 Å². The van der Waals surface area contributed by atoms with Crippen molar-refractivity contribution in [1.29, 1.82) is 0 Å². The number of carbonyl (C=O) groups is 1. The molecule has 8 heavy (non-hydrogen) atoms. The molecule has 44 valence electrons. The van der Waals surface area contributed by atoms with E-state index in [1.54, 1.807) is 0 Å². The minimum atomic E-state index is -0.200. The SMILES string of the molecule is O=C1NCSC(=S)N1. The van der Waals surface area contributed by atoms with Crippen LogP contribution in [0.3, 0.4) is 0 Å². The van der Waals surface area contributed by atoms with Gasteiger partial charge >= 0.3 is 6.03 Å². The molecule has 1 aliphatic rings. The van der Waals surface area contributed by atoms with Crippen molar-refractivity contribution in [3.8, 4) is 0 Å². The van der Waals surface area contributed by atoms with Crippen molar-refractivity contribution < 1.29 is 4.79 Å². The van der Waals surface area contributed by atoms with E-state index >= 15 is 0 Å². The number of thioether (sulfide) groups is 1. The van der Waals surface area contributed by atoms with Crippen molar-refractivity contribution in [2.24, 2.45) is 0 Å². The van der Waals surface area contributed by atoms with Crippen LogP contribution in [-0.4, -0.2) is 16.2 Å². The minimum Gasteiger partial charge on any atom is -0.328 e. The van der Waals surface area contributed by atoms with Gasteiger partial charge in [0, 0.05) is 0 Å². The van der Waals surface area contributed by atoms with Gasteiger partial charge in [0.25, 0.3) is 0 Å². The van der Waals surface area contributed by atoms with Crippen LogP contribution in [0.4, 0.5) is 4.79 Å². The molecule has 0 aromatic carbocycles. The van der Waals surface area contributed by atoms with Gasteiger partial charge < -0.3 is 5.32 Å². The molecule has 0 aliphatic carbocycles. The zero-order chi connectivity index (χ0) is 5.98. The van der Waals surface area contributed by atoms with Crippen LogP contribution in [0.1, 0.15) is 0 Å². The Labute approximate surface area is 56.2 Å². The number of hydrogen-bond donors (Lipinski definition) is 2. The molecule has 1 fully saturated rings. The second-order valence-corrected chi connectivity index (χ2v) is 2.86. The van der Waals surface area contributed by atoms with Gasteiger partial charge in [-0.05, 0) is 0 Å². The highest BCUT2D eigenvalue weighted by atomic mass is 32.2. The molecular weight excluding hydrogens is 144 g/mol. The van der Waals surface area contributed by atoms with Gasteiger partial charge in [-0.2, -0.15) is 0 Å². The highest BCUT2D eigenvalue weighted by molar-refractivity contribution is 8.23. The van der Waals surface area contributed by atoms with E-state index in [1.807, 2.05) is 0 Å². The summed E-state index contributed by atoms with van der Waals surface area (Å²) >= 11 is 6.08. The summed E-state index contributed by atoms with van der Waals surface area (Å²) in [4.78, 5) is 10.4. The molecule has 1 rings (SSSR count). The van der Waals surface area contributed by atoms with Gasteiger partial charge in [-0.25, -0.2) is 4.79 Å². The number of amides is 2. The van der Waals surface area contributed by atoms with E-state index in [9.17, 15) is 4.79 Å². The zero-order valence-corrected chi connectivity index (χ0v) is 5.56. The van der Waals surface area contributed by atoms with E-state index in [1.165, 1.54) is 11.8 Å². The number of carbonyl (C=O) groups excluding carboxylic acids is 1. The third-order valence-corrected chi connectivity index (χ3v) is 1.76. The molecule has 0 atom stereocenters. The lowest BCUT2D eigenvalue weighted by molar-refractivity contribution is 0.247. The van der Waals surface area contributed by atoms with Gasteiger partial charge in [0.2, 0.25) is 0 Å². The van der Waals surface area contributed by atoms with Crippen molar-refractivity contribution in [2.75, 3.05) is 5.88 Å². The molecule has 0 bridgehead atoms. The fraction of sp³-hybridized carbons (Fsp3) is 0.333. The summed E-state index contributed by atoms with van der Waals surface area (Å²) in [5.41, 5.74) is 0. The van der Waals surface area contributed by atoms with Crippen LogP contribution in [0.5, 0.6) is 0 Å². The standard InChI is InChI=1S/C3H4N2OS2/c6-2-4-1-8-3(7)5-2/h1H2,(H2,4,5,6,7). The first-order valence-electron chi connectivity index (χ1n) is 2.00. The average Bonchev–Trinajstić information content (AvgIpc) is 1.64. The Morgan fingerprint density at radius 3 is 2.88 bits per heavy atom. The van der Waals surface area contributed by atoms with Crippen molar-refractivity contribution >= 4 is 34.3 Å². The Kier molecular flexibility index (Phi) is 1.69. The molecular formula is C3H4N2OS2. The van der Waals surface area contributed by atoms with Gasteiger partial charge in [-0.1, -0.05) is 24.0 Å². The first-order chi connectivity index (χ1) is 3.79. The van der Waals surface area contributed by atoms with Crippen LogP contribution in [-0.2, 0) is 0 Å². The summed E-state index contributed by atoms with van der Waals surface area (Å²) in [5, 5.41) is 4.96. The molecule has 1 saturated heterocycles. The fourth-order valence-corrected chi connectivity index (χ4v) is 1.11. The molecule has 1 aliphatic heterocycles. The maximum Gasteiger partial charge on any atom is 0.320 e. The summed E-state index contributed by atoms with van der Waals surface area (Å²) in [6.07, 6.45) is 0. The van der Waals surface area contributed by atoms with Gasteiger partial charge in [0.15, 0.2) is 0 Å². The quantitative estimate of drug-likeness (QED) is 0.485. The van der Waals surface area contributed by atoms with E-state index < -0.39 is 0 Å². The van der Waals surface area contributed by atoms with Crippen LogP contribution in [0.15, 0.2) is 0 Å². The summed E-state index contributed by atoms with van der Waals surface area (Å²) in [5.74, 6) is 0.588. The summed E-state index contributed by atoms with van der Waals surface area (Å²) in [7, 11) is 0. The lowest BCUT2D eigenvalue weighted by Crippen LogP contribution is -2.42. The monoisotopic (exact) mass is 148 g/mol. The smallest absolute Gasteiger partial charge is 0.320 e. The molecule has 0 spiro atoms. The predicted octanol–water partition coefficient (Wildman–Crippen LogP) is 0.275. The zero-order valence-electron chi connectivity index (χ0n) is 3.93. The average molecular weight is 148 g/mol. The van der Waals surface area contributed by atoms with E-state index in [2.05, 4.69) is 22.9 Å². The molecule has 5 heteroatoms. The summed E-state index contributed by atoms with van der Waals surface area (Å²) in [6.45, 7) is 0. The van der Waals surface area contributed by atoms with Crippen LogP contribution in [0.2, 0.25) is 0 Å². The summed E-state index contributed by atoms with van der Waals surface area (Å²) < 4.78 is 0.550. The highest BCUT2D eigenvalue weighted by Gasteiger charge is 2.08. The number of thiocarbonyl (C=S) groups is 1. The maximum absolute atomic E-state index is 10.4. The molecule has 2 N–H and O–H groups in total. The Morgan fingerprint density at radius 2 is 2.50 bits per heavy atom. The predicted molar refractivity (Wildman–Crippen MR) is 36.7 cm³/mol. The van der Waals surface area contributed by atoms with Crippen LogP contribution < -0.4 is 10.6 Å². The molecule has 1 heterocycles. The third-order valence-electron chi connectivity index (χ3n) is 0.652. The fourth-order valence-electron chi connectivity index (χ4n) is 0.340. The molecule has 0 aromatic rings. The molecule has 0 aromatic heterocycles. The number of nitrogens with one attached hydrogen (secondary N) is 2. The molecule has 0 unspecified atom stereocenters. The van der Waals surface area contributed by atoms with Crippen LogP contribution in [0, 0.1) is 0 Å². The minimum absolute atomic E-state index is 0.200.